The van der Waals surface area contributed by atoms with Gasteiger partial charge in [0.1, 0.15) is 5.82 Å². The van der Waals surface area contributed by atoms with Gasteiger partial charge in [-0.15, -0.1) is 0 Å². The van der Waals surface area contributed by atoms with Crippen LogP contribution in [0.3, 0.4) is 0 Å². The number of aromatic amines is 1. The Labute approximate surface area is 181 Å². The van der Waals surface area contributed by atoms with Crippen LogP contribution in [0.15, 0.2) is 17.1 Å². The molecule has 0 unspecified atom stereocenters. The number of carboxylic acids is 1. The van der Waals surface area contributed by atoms with Crippen molar-refractivity contribution >= 4 is 22.6 Å². The Hall–Kier alpha value is -2.57. The zero-order valence-corrected chi connectivity index (χ0v) is 18.2. The summed E-state index contributed by atoms with van der Waals surface area (Å²) in [6.45, 7) is 2.75. The maximum Gasteiger partial charge on any atom is 0.347 e. The molecule has 6 nitrogen and oxygen atoms in total. The number of ether oxygens (including phenoxy) is 1. The maximum atomic E-state index is 15.4. The van der Waals surface area contributed by atoms with Crippen LogP contribution in [0.5, 0.6) is 5.75 Å². The van der Waals surface area contributed by atoms with E-state index in [0.717, 1.165) is 56.9 Å². The van der Waals surface area contributed by atoms with Gasteiger partial charge in [-0.05, 0) is 51.5 Å². The Balaban J connectivity index is 1.82. The van der Waals surface area contributed by atoms with Crippen molar-refractivity contribution in [3.63, 3.8) is 0 Å². The Morgan fingerprint density at radius 1 is 1.16 bits per heavy atom. The monoisotopic (exact) mass is 430 g/mol. The lowest BCUT2D eigenvalue weighted by Gasteiger charge is -2.28. The van der Waals surface area contributed by atoms with Gasteiger partial charge in [-0.3, -0.25) is 4.79 Å². The molecule has 0 spiro atoms. The number of nitrogens with one attached hydrogen (secondary N) is 2. The molecule has 1 aromatic heterocycles. The van der Waals surface area contributed by atoms with Crippen molar-refractivity contribution in [1.82, 2.24) is 4.98 Å². The molecule has 0 saturated heterocycles. The van der Waals surface area contributed by atoms with E-state index in [-0.39, 0.29) is 23.1 Å². The number of carboxylic acid groups (broad SMARTS) is 1. The number of H-pyrrole nitrogens is 1. The minimum atomic E-state index is -1.57. The lowest BCUT2D eigenvalue weighted by atomic mass is 9.90. The summed E-state index contributed by atoms with van der Waals surface area (Å²) in [6.07, 6.45) is 11.1. The number of benzene rings is 1. The molecule has 2 saturated carbocycles. The normalized spacial score (nSPS) is 18.4. The molecule has 3 N–H and O–H groups in total. The number of hydrogen-bond donors (Lipinski definition) is 3. The first-order valence-electron chi connectivity index (χ1n) is 11.3. The van der Waals surface area contributed by atoms with Gasteiger partial charge in [-0.1, -0.05) is 32.1 Å². The van der Waals surface area contributed by atoms with Crippen molar-refractivity contribution in [3.8, 4) is 5.75 Å². The minimum Gasteiger partial charge on any atom is -0.478 e. The summed E-state index contributed by atoms with van der Waals surface area (Å²) in [7, 11) is 0. The molecule has 1 heterocycles. The van der Waals surface area contributed by atoms with Crippen LogP contribution in [-0.2, 0) is 4.79 Å². The van der Waals surface area contributed by atoms with Gasteiger partial charge in [-0.25, -0.2) is 9.18 Å². The van der Waals surface area contributed by atoms with E-state index in [1.165, 1.54) is 32.5 Å². The first-order chi connectivity index (χ1) is 14.8. The van der Waals surface area contributed by atoms with Crippen molar-refractivity contribution < 1.29 is 19.0 Å². The summed E-state index contributed by atoms with van der Waals surface area (Å²) in [4.78, 5) is 27.7. The van der Waals surface area contributed by atoms with Crippen molar-refractivity contribution in [2.75, 3.05) is 5.32 Å². The highest BCUT2D eigenvalue weighted by molar-refractivity contribution is 5.89. The molecule has 2 fully saturated rings. The van der Waals surface area contributed by atoms with Crippen molar-refractivity contribution in [3.05, 3.63) is 33.9 Å². The van der Waals surface area contributed by atoms with Gasteiger partial charge < -0.3 is 20.1 Å². The Kier molecular flexibility index (Phi) is 5.95. The van der Waals surface area contributed by atoms with E-state index in [0.29, 0.717) is 11.2 Å². The summed E-state index contributed by atoms with van der Waals surface area (Å²) in [5, 5.41) is 13.0. The van der Waals surface area contributed by atoms with Crippen molar-refractivity contribution in [1.29, 1.82) is 0 Å². The third-order valence-electron chi connectivity index (χ3n) is 6.73. The summed E-state index contributed by atoms with van der Waals surface area (Å²) >= 11 is 0. The summed E-state index contributed by atoms with van der Waals surface area (Å²) in [6, 6.07) is 1.50. The number of fused-ring (bicyclic) bond motifs is 1. The van der Waals surface area contributed by atoms with Gasteiger partial charge in [0.25, 0.3) is 0 Å². The molecule has 0 aliphatic heterocycles. The van der Waals surface area contributed by atoms with E-state index in [9.17, 15) is 14.7 Å². The molecule has 2 aliphatic rings. The second-order valence-corrected chi connectivity index (χ2v) is 9.43. The number of pyridine rings is 1. The summed E-state index contributed by atoms with van der Waals surface area (Å²) in [5.41, 5.74) is -0.0843. The van der Waals surface area contributed by atoms with E-state index < -0.39 is 22.8 Å². The fraction of sp³-hybridized carbons (Fsp3) is 0.583. The predicted molar refractivity (Wildman–Crippen MR) is 119 cm³/mol. The van der Waals surface area contributed by atoms with Gasteiger partial charge >= 0.3 is 5.97 Å². The molecule has 0 atom stereocenters. The van der Waals surface area contributed by atoms with Crippen LogP contribution in [0.1, 0.15) is 83.1 Å². The first kappa shape index (κ1) is 21.7. The van der Waals surface area contributed by atoms with Gasteiger partial charge in [0, 0.05) is 17.8 Å². The van der Waals surface area contributed by atoms with E-state index in [4.69, 9.17) is 4.74 Å². The number of anilines is 1. The van der Waals surface area contributed by atoms with Crippen molar-refractivity contribution in [2.24, 2.45) is 0 Å². The number of rotatable bonds is 6. The van der Waals surface area contributed by atoms with Crippen LogP contribution in [0.4, 0.5) is 10.1 Å². The van der Waals surface area contributed by atoms with E-state index >= 15 is 4.39 Å². The fourth-order valence-corrected chi connectivity index (χ4v) is 4.96. The van der Waals surface area contributed by atoms with Crippen molar-refractivity contribution in [2.45, 2.75) is 89.2 Å². The molecule has 1 aromatic carbocycles. The molecule has 4 rings (SSSR count). The van der Waals surface area contributed by atoms with Gasteiger partial charge in [0.2, 0.25) is 5.43 Å². The summed E-state index contributed by atoms with van der Waals surface area (Å²) < 4.78 is 20.9. The molecule has 31 heavy (non-hydrogen) atoms. The number of aliphatic carboxylic acids is 1. The van der Waals surface area contributed by atoms with Crippen LogP contribution >= 0.6 is 0 Å². The Morgan fingerprint density at radius 3 is 2.45 bits per heavy atom. The van der Waals surface area contributed by atoms with E-state index in [1.54, 1.807) is 0 Å². The van der Waals surface area contributed by atoms with Crippen LogP contribution < -0.4 is 15.5 Å². The fourth-order valence-electron chi connectivity index (χ4n) is 4.96. The SMILES string of the molecule is CC(C)(Oc1c[nH]c2c(C3CCCC3)c(NC3CCCCC3)c(F)cc2c1=O)C(=O)O. The average Bonchev–Trinajstić information content (AvgIpc) is 3.26. The van der Waals surface area contributed by atoms with Gasteiger partial charge in [0.05, 0.1) is 16.6 Å². The van der Waals surface area contributed by atoms with E-state index in [2.05, 4.69) is 10.3 Å². The van der Waals surface area contributed by atoms with Crippen LogP contribution in [0.2, 0.25) is 0 Å². The molecular weight excluding hydrogens is 399 g/mol. The zero-order valence-electron chi connectivity index (χ0n) is 18.2. The summed E-state index contributed by atoms with van der Waals surface area (Å²) in [5.74, 6) is -1.55. The predicted octanol–water partition coefficient (Wildman–Crippen LogP) is 5.31. The quantitative estimate of drug-likeness (QED) is 0.578. The molecule has 2 aliphatic carbocycles. The molecule has 0 bridgehead atoms. The first-order valence-corrected chi connectivity index (χ1v) is 11.3. The third-order valence-corrected chi connectivity index (χ3v) is 6.73. The molecule has 0 amide bonds. The topological polar surface area (TPSA) is 91.4 Å². The second kappa shape index (κ2) is 8.52. The molecule has 7 heteroatoms. The Bertz CT molecular complexity index is 1030. The molecule has 168 valence electrons. The zero-order chi connectivity index (χ0) is 22.2. The van der Waals surface area contributed by atoms with Gasteiger partial charge in [0.15, 0.2) is 11.4 Å². The Morgan fingerprint density at radius 2 is 1.81 bits per heavy atom. The lowest BCUT2D eigenvalue weighted by Crippen LogP contribution is -2.39. The molecule has 0 radical (unpaired) electrons. The number of carbonyl (C=O) groups is 1. The van der Waals surface area contributed by atoms with Crippen LogP contribution in [-0.4, -0.2) is 27.7 Å². The number of aromatic nitrogens is 1. The smallest absolute Gasteiger partial charge is 0.347 e. The average molecular weight is 431 g/mol. The molecular formula is C24H31FN2O4. The third kappa shape index (κ3) is 4.27. The highest BCUT2D eigenvalue weighted by Crippen LogP contribution is 2.43. The second-order valence-electron chi connectivity index (χ2n) is 9.43. The largest absolute Gasteiger partial charge is 0.478 e. The highest BCUT2D eigenvalue weighted by Gasteiger charge is 2.32. The standard InChI is InChI=1S/C24H31FN2O4/c1-24(2,23(29)30)31-18-13-26-20-16(22(18)28)12-17(25)21(19(20)14-8-6-7-9-14)27-15-10-4-3-5-11-15/h12-15,27H,3-11H2,1-2H3,(H,26,28)(H,29,30). The van der Waals surface area contributed by atoms with Gasteiger partial charge in [-0.2, -0.15) is 0 Å². The highest BCUT2D eigenvalue weighted by atomic mass is 19.1. The molecule has 2 aromatic rings. The van der Waals surface area contributed by atoms with Crippen LogP contribution in [0.25, 0.3) is 10.9 Å². The maximum absolute atomic E-state index is 15.4. The number of halogens is 1. The van der Waals surface area contributed by atoms with E-state index in [1.807, 2.05) is 0 Å². The lowest BCUT2D eigenvalue weighted by molar-refractivity contribution is -0.152. The number of hydrogen-bond acceptors (Lipinski definition) is 4. The van der Waals surface area contributed by atoms with Crippen LogP contribution in [0, 0.1) is 5.82 Å². The minimum absolute atomic E-state index is 0.121.